The summed E-state index contributed by atoms with van der Waals surface area (Å²) >= 11 is 0. The minimum Gasteiger partial charge on any atom is -0.258 e. The summed E-state index contributed by atoms with van der Waals surface area (Å²) in [6.07, 6.45) is 7.31. The highest BCUT2D eigenvalue weighted by atomic mass is 16.6. The van der Waals surface area contributed by atoms with Crippen LogP contribution in [0.1, 0.15) is 16.7 Å². The lowest BCUT2D eigenvalue weighted by Crippen LogP contribution is -2.44. The molecule has 0 amide bonds. The van der Waals surface area contributed by atoms with Gasteiger partial charge in [-0.2, -0.15) is 0 Å². The molecule has 6 aliphatic carbocycles. The minimum absolute atomic E-state index is 0.0431. The molecule has 0 heterocycles. The molecule has 18 heteroatoms. The lowest BCUT2D eigenvalue weighted by Gasteiger charge is -2.42. The van der Waals surface area contributed by atoms with Crippen LogP contribution in [0.5, 0.6) is 0 Å². The molecule has 244 valence electrons. The van der Waals surface area contributed by atoms with Crippen LogP contribution in [0.4, 0.5) is 17.1 Å². The molecule has 1 saturated carbocycles. The Morgan fingerprint density at radius 2 is 1.14 bits per heavy atom. The lowest BCUT2D eigenvalue weighted by atomic mass is 9.57. The molecule has 0 saturated heterocycles. The first-order valence-corrected chi connectivity index (χ1v) is 14.7. The molecule has 0 N–H and O–H groups in total. The van der Waals surface area contributed by atoms with Gasteiger partial charge in [0, 0.05) is 64.3 Å². The molecule has 0 aliphatic heterocycles. The Labute approximate surface area is 274 Å². The van der Waals surface area contributed by atoms with Crippen molar-refractivity contribution >= 4 is 39.1 Å². The number of hydrogen-bond donors (Lipinski definition) is 0. The zero-order valence-electron chi connectivity index (χ0n) is 24.7. The second-order valence-corrected chi connectivity index (χ2v) is 12.5. The third kappa shape index (κ3) is 2.80. The normalized spacial score (nSPS) is 29.2. The van der Waals surface area contributed by atoms with Gasteiger partial charge in [0.05, 0.1) is 35.0 Å². The van der Waals surface area contributed by atoms with E-state index in [4.69, 9.17) is 0 Å². The largest absolute Gasteiger partial charge is 0.284 e. The Balaban J connectivity index is 1.64. The molecule has 18 nitrogen and oxygen atoms in total. The smallest absolute Gasteiger partial charge is 0.258 e. The van der Waals surface area contributed by atoms with E-state index in [9.17, 15) is 60.7 Å². The Bertz CT molecular complexity index is 2690. The van der Waals surface area contributed by atoms with Crippen molar-refractivity contribution in [3.05, 3.63) is 183 Å². The summed E-state index contributed by atoms with van der Waals surface area (Å²) in [4.78, 5) is 70.4. The van der Waals surface area contributed by atoms with Crippen molar-refractivity contribution in [2.45, 2.75) is 10.8 Å². The molecule has 5 bridgehead atoms. The highest BCUT2D eigenvalue weighted by molar-refractivity contribution is 6.10. The van der Waals surface area contributed by atoms with Crippen molar-refractivity contribution in [1.82, 2.24) is 0 Å². The number of benzene rings is 3. The highest BCUT2D eigenvalue weighted by Crippen LogP contribution is 2.78. The fourth-order valence-electron chi connectivity index (χ4n) is 9.88. The molecule has 1 spiro atoms. The first-order valence-electron chi connectivity index (χ1n) is 14.7. The topological polar surface area (TPSA) is 259 Å². The Hall–Kier alpha value is -7.24. The number of hydrogen-bond acceptors (Lipinski definition) is 12. The summed E-state index contributed by atoms with van der Waals surface area (Å²) in [6.45, 7) is 0. The third-order valence-electron chi connectivity index (χ3n) is 11.0. The zero-order chi connectivity index (χ0) is 35.3. The van der Waals surface area contributed by atoms with Gasteiger partial charge >= 0.3 is 0 Å². The van der Waals surface area contributed by atoms with Gasteiger partial charge in [-0.1, -0.05) is 36.4 Å². The Morgan fingerprint density at radius 1 is 0.540 bits per heavy atom. The van der Waals surface area contributed by atoms with Gasteiger partial charge in [-0.25, -0.2) is 0 Å². The van der Waals surface area contributed by atoms with E-state index in [0.29, 0.717) is 11.1 Å². The van der Waals surface area contributed by atoms with Crippen LogP contribution in [0.3, 0.4) is 0 Å². The predicted molar refractivity (Wildman–Crippen MR) is 168 cm³/mol. The van der Waals surface area contributed by atoms with Crippen molar-refractivity contribution in [2.75, 3.05) is 0 Å². The van der Waals surface area contributed by atoms with E-state index in [1.807, 2.05) is 0 Å². The average Bonchev–Trinajstić information content (AvgIpc) is 3.57. The van der Waals surface area contributed by atoms with E-state index in [1.165, 1.54) is 36.4 Å². The Kier molecular flexibility index (Phi) is 5.10. The van der Waals surface area contributed by atoms with Crippen LogP contribution in [-0.2, 0) is 10.8 Å². The van der Waals surface area contributed by atoms with Crippen LogP contribution in [0.25, 0.3) is 22.0 Å². The maximum absolute atomic E-state index is 12.7. The first kappa shape index (κ1) is 28.9. The molecule has 4 atom stereocenters. The van der Waals surface area contributed by atoms with E-state index in [0.717, 1.165) is 36.4 Å². The number of allylic oxidation sites excluding steroid dienone is 7. The van der Waals surface area contributed by atoms with E-state index in [1.54, 1.807) is 0 Å². The highest BCUT2D eigenvalue weighted by Gasteiger charge is 2.77. The molecular formula is C32H14N6O12. The molecule has 0 aromatic heterocycles. The quantitative estimate of drug-likeness (QED) is 0.268. The Morgan fingerprint density at radius 3 is 1.74 bits per heavy atom. The van der Waals surface area contributed by atoms with Crippen molar-refractivity contribution in [1.29, 1.82) is 0 Å². The van der Waals surface area contributed by atoms with Crippen LogP contribution in [0, 0.1) is 72.5 Å². The molecule has 3 aromatic rings. The van der Waals surface area contributed by atoms with E-state index >= 15 is 0 Å². The summed E-state index contributed by atoms with van der Waals surface area (Å²) in [5.74, 6) is -2.29. The fraction of sp³-hybridized carbons (Fsp3) is 0.125. The van der Waals surface area contributed by atoms with Gasteiger partial charge in [-0.05, 0) is 27.8 Å². The molecule has 1 fully saturated rings. The maximum Gasteiger partial charge on any atom is 0.284 e. The second kappa shape index (κ2) is 8.81. The van der Waals surface area contributed by atoms with Crippen molar-refractivity contribution in [3.8, 4) is 0 Å². The van der Waals surface area contributed by atoms with Gasteiger partial charge in [0.2, 0.25) is 0 Å². The average molecular weight is 674 g/mol. The number of nitrogens with zero attached hydrogens (tertiary/aromatic N) is 6. The SMILES string of the molecule is O=[N+]([O-])C1=CC=C2C3/C1=C([N+](=O)[O-])\C=C/C1=c4c5ccc([N+](=O)[O-])/c4=C([N+](=O)[O-])/C=C\C3C13c1ccc([N+](=O)[O-])c4c([N+](=O)[O-])ccc(c14)C253. The number of non-ortho nitro benzene ring substituents is 3. The van der Waals surface area contributed by atoms with Gasteiger partial charge in [0.15, 0.2) is 0 Å². The van der Waals surface area contributed by atoms with Gasteiger partial charge in [-0.3, -0.25) is 60.7 Å². The van der Waals surface area contributed by atoms with E-state index in [-0.39, 0.29) is 43.5 Å². The van der Waals surface area contributed by atoms with Crippen molar-refractivity contribution in [2.24, 2.45) is 11.8 Å². The molecule has 50 heavy (non-hydrogen) atoms. The molecule has 9 rings (SSSR count). The molecule has 6 aliphatic rings. The molecule has 0 radical (unpaired) electrons. The first-order chi connectivity index (χ1) is 23.8. The number of nitro groups is 6. The van der Waals surface area contributed by atoms with Gasteiger partial charge < -0.3 is 0 Å². The summed E-state index contributed by atoms with van der Waals surface area (Å²) in [7, 11) is 0. The van der Waals surface area contributed by atoms with Gasteiger partial charge in [-0.15, -0.1) is 0 Å². The molecule has 3 aromatic carbocycles. The van der Waals surface area contributed by atoms with Crippen molar-refractivity contribution < 1.29 is 29.5 Å². The predicted octanol–water partition coefficient (Wildman–Crippen LogP) is 3.67. The summed E-state index contributed by atoms with van der Waals surface area (Å²) in [5, 5.41) is 74.5. The van der Waals surface area contributed by atoms with Gasteiger partial charge in [0.1, 0.15) is 16.2 Å². The van der Waals surface area contributed by atoms with Crippen LogP contribution < -0.4 is 10.4 Å². The van der Waals surface area contributed by atoms with E-state index in [2.05, 4.69) is 0 Å². The minimum atomic E-state index is -1.60. The standard InChI is InChI=1S/C32H14N6O12/c39-33(40)19-7-1-13-25-15-3-9-22(36(45)46)29-20(34(41)42)8-2-14-26(29)16(4-10-21(28(19)25)35(43)44)32(15)18-6-12-24(38(49)50)30-23(37(47)48)11-5-17(27(18)30)31(13,14)32/h1-12,15,25H/b9-3-,10-4-,28-21+,29-22+. The molecule has 4 unspecified atom stereocenters. The maximum atomic E-state index is 12.7. The van der Waals surface area contributed by atoms with Gasteiger partial charge in [0.25, 0.3) is 34.2 Å². The number of nitro benzene ring substituents is 3. The summed E-state index contributed by atoms with van der Waals surface area (Å²) < 4.78 is 0. The summed E-state index contributed by atoms with van der Waals surface area (Å²) in [5.41, 5.74) is -5.69. The lowest BCUT2D eigenvalue weighted by molar-refractivity contribution is -0.434. The number of rotatable bonds is 6. The van der Waals surface area contributed by atoms with Crippen LogP contribution >= 0.6 is 0 Å². The van der Waals surface area contributed by atoms with Crippen LogP contribution in [-0.4, -0.2) is 29.5 Å². The third-order valence-corrected chi connectivity index (χ3v) is 11.0. The van der Waals surface area contributed by atoms with Crippen molar-refractivity contribution in [3.63, 3.8) is 0 Å². The zero-order valence-corrected chi connectivity index (χ0v) is 24.7. The molecular weight excluding hydrogens is 660 g/mol. The van der Waals surface area contributed by atoms with E-state index < -0.39 is 86.4 Å². The monoisotopic (exact) mass is 674 g/mol. The summed E-state index contributed by atoms with van der Waals surface area (Å²) in [6, 6.07) is 7.56. The second-order valence-electron chi connectivity index (χ2n) is 12.5. The van der Waals surface area contributed by atoms with Crippen LogP contribution in [0.15, 0.2) is 95.4 Å². The fourth-order valence-corrected chi connectivity index (χ4v) is 9.88. The van der Waals surface area contributed by atoms with Crippen LogP contribution in [0.2, 0.25) is 0 Å².